The third-order valence-corrected chi connectivity index (χ3v) is 8.11. The molecule has 2 saturated heterocycles. The van der Waals surface area contributed by atoms with Gasteiger partial charge in [0.1, 0.15) is 5.82 Å². The molecule has 28 heavy (non-hydrogen) atoms. The van der Waals surface area contributed by atoms with Gasteiger partial charge in [-0.3, -0.25) is 4.79 Å². The van der Waals surface area contributed by atoms with Gasteiger partial charge >= 0.3 is 0 Å². The summed E-state index contributed by atoms with van der Waals surface area (Å²) in [6.07, 6.45) is 0.0805. The first-order chi connectivity index (χ1) is 13.4. The summed E-state index contributed by atoms with van der Waals surface area (Å²) in [7, 11) is -3.07. The van der Waals surface area contributed by atoms with Crippen molar-refractivity contribution in [1.82, 2.24) is 4.90 Å². The van der Waals surface area contributed by atoms with Crippen LogP contribution < -0.4 is 0 Å². The third-order valence-electron chi connectivity index (χ3n) is 4.86. The molecular formula is C20H19FN2O3S2. The third kappa shape index (κ3) is 4.28. The second-order valence-electron chi connectivity index (χ2n) is 7.01. The summed E-state index contributed by atoms with van der Waals surface area (Å²) in [6.45, 7) is 0.507. The fourth-order valence-corrected chi connectivity index (χ4v) is 7.49. The van der Waals surface area contributed by atoms with Gasteiger partial charge in [0.25, 0.3) is 5.91 Å². The number of benzene rings is 2. The van der Waals surface area contributed by atoms with Gasteiger partial charge in [-0.2, -0.15) is 4.99 Å². The Kier molecular flexibility index (Phi) is 5.25. The average molecular weight is 419 g/mol. The topological polar surface area (TPSA) is 66.8 Å². The lowest BCUT2D eigenvalue weighted by atomic mass is 10.1. The number of aliphatic imine (C=N–C) groups is 1. The van der Waals surface area contributed by atoms with Crippen molar-refractivity contribution in [1.29, 1.82) is 0 Å². The van der Waals surface area contributed by atoms with Crippen molar-refractivity contribution in [3.05, 3.63) is 71.5 Å². The molecule has 0 spiro atoms. The lowest BCUT2D eigenvalue weighted by Gasteiger charge is -2.24. The van der Waals surface area contributed by atoms with E-state index in [4.69, 9.17) is 0 Å². The Morgan fingerprint density at radius 2 is 1.79 bits per heavy atom. The summed E-state index contributed by atoms with van der Waals surface area (Å²) in [5.74, 6) is -0.478. The van der Waals surface area contributed by atoms with E-state index in [1.54, 1.807) is 12.1 Å². The first kappa shape index (κ1) is 19.1. The first-order valence-corrected chi connectivity index (χ1v) is 11.6. The SMILES string of the molecule is O=C(Cc1ccc(F)cc1)N=C1S[C@@H]2CS(=O)(=O)C[C@@H]2N1Cc1ccccc1. The van der Waals surface area contributed by atoms with Gasteiger partial charge in [0.15, 0.2) is 15.0 Å². The lowest BCUT2D eigenvalue weighted by molar-refractivity contribution is -0.117. The molecule has 0 radical (unpaired) electrons. The van der Waals surface area contributed by atoms with Gasteiger partial charge in [-0.15, -0.1) is 0 Å². The van der Waals surface area contributed by atoms with Gasteiger partial charge < -0.3 is 4.90 Å². The highest BCUT2D eigenvalue weighted by Gasteiger charge is 2.48. The van der Waals surface area contributed by atoms with Crippen molar-refractivity contribution in [3.63, 3.8) is 0 Å². The monoisotopic (exact) mass is 418 g/mol. The van der Waals surface area contributed by atoms with Crippen LogP contribution >= 0.6 is 11.8 Å². The molecule has 2 heterocycles. The molecule has 8 heteroatoms. The zero-order valence-electron chi connectivity index (χ0n) is 15.0. The van der Waals surface area contributed by atoms with E-state index in [1.807, 2.05) is 35.2 Å². The van der Waals surface area contributed by atoms with E-state index in [-0.39, 0.29) is 40.9 Å². The number of halogens is 1. The molecule has 0 unspecified atom stereocenters. The Morgan fingerprint density at radius 3 is 2.50 bits per heavy atom. The second kappa shape index (κ2) is 7.67. The number of thioether (sulfide) groups is 1. The van der Waals surface area contributed by atoms with Gasteiger partial charge in [-0.1, -0.05) is 54.2 Å². The van der Waals surface area contributed by atoms with Crippen LogP contribution in [0.4, 0.5) is 4.39 Å². The molecule has 0 aromatic heterocycles. The van der Waals surface area contributed by atoms with Crippen LogP contribution in [0.1, 0.15) is 11.1 Å². The number of nitrogens with zero attached hydrogens (tertiary/aromatic N) is 2. The maximum Gasteiger partial charge on any atom is 0.252 e. The summed E-state index contributed by atoms with van der Waals surface area (Å²) in [5, 5.41) is 0.465. The van der Waals surface area contributed by atoms with Crippen LogP contribution in [0.3, 0.4) is 0 Å². The van der Waals surface area contributed by atoms with E-state index in [0.717, 1.165) is 5.56 Å². The van der Waals surface area contributed by atoms with Gasteiger partial charge in [-0.25, -0.2) is 12.8 Å². The Hall–Kier alpha value is -2.19. The summed E-state index contributed by atoms with van der Waals surface area (Å²) in [5.41, 5.74) is 1.72. The summed E-state index contributed by atoms with van der Waals surface area (Å²) in [6, 6.07) is 15.3. The first-order valence-electron chi connectivity index (χ1n) is 8.93. The molecule has 5 nitrogen and oxygen atoms in total. The number of amides is 1. The number of hydrogen-bond acceptors (Lipinski definition) is 4. The molecule has 0 bridgehead atoms. The predicted octanol–water partition coefficient (Wildman–Crippen LogP) is 2.67. The molecule has 0 N–H and O–H groups in total. The maximum atomic E-state index is 13.0. The van der Waals surface area contributed by atoms with Gasteiger partial charge in [-0.05, 0) is 23.3 Å². The number of fused-ring (bicyclic) bond motifs is 1. The average Bonchev–Trinajstić information content (AvgIpc) is 3.10. The zero-order chi connectivity index (χ0) is 19.7. The van der Waals surface area contributed by atoms with E-state index in [2.05, 4.69) is 4.99 Å². The Morgan fingerprint density at radius 1 is 1.07 bits per heavy atom. The minimum Gasteiger partial charge on any atom is -0.342 e. The van der Waals surface area contributed by atoms with E-state index >= 15 is 0 Å². The molecule has 2 fully saturated rings. The van der Waals surface area contributed by atoms with Crippen molar-refractivity contribution >= 4 is 32.7 Å². The van der Waals surface area contributed by atoms with Gasteiger partial charge in [0.05, 0.1) is 24.0 Å². The molecule has 2 aliphatic rings. The Balaban J connectivity index is 1.56. The lowest BCUT2D eigenvalue weighted by Crippen LogP contribution is -2.37. The fourth-order valence-electron chi connectivity index (χ4n) is 3.52. The molecule has 146 valence electrons. The highest BCUT2D eigenvalue weighted by molar-refractivity contribution is 8.15. The molecule has 0 saturated carbocycles. The van der Waals surface area contributed by atoms with Gasteiger partial charge in [0.2, 0.25) is 0 Å². The fraction of sp³-hybridized carbons (Fsp3) is 0.300. The minimum atomic E-state index is -3.07. The number of hydrogen-bond donors (Lipinski definition) is 0. The summed E-state index contributed by atoms with van der Waals surface area (Å²) < 4.78 is 37.2. The summed E-state index contributed by atoms with van der Waals surface area (Å²) in [4.78, 5) is 18.7. The van der Waals surface area contributed by atoms with Crippen LogP contribution in [0, 0.1) is 5.82 Å². The standard InChI is InChI=1S/C20H19FN2O3S2/c21-16-8-6-14(7-9-16)10-19(24)22-20-23(11-15-4-2-1-3-5-15)17-12-28(25,26)13-18(17)27-20/h1-9,17-18H,10-13H2/t17-,18+/m0/s1. The highest BCUT2D eigenvalue weighted by atomic mass is 32.2. The van der Waals surface area contributed by atoms with E-state index in [9.17, 15) is 17.6 Å². The van der Waals surface area contributed by atoms with Crippen LogP contribution in [0.15, 0.2) is 59.6 Å². The molecule has 2 aromatic carbocycles. The number of sulfone groups is 1. The van der Waals surface area contributed by atoms with E-state index < -0.39 is 9.84 Å². The normalized spacial score (nSPS) is 24.5. The number of carbonyl (C=O) groups excluding carboxylic acids is 1. The molecule has 2 aromatic rings. The molecule has 2 atom stereocenters. The van der Waals surface area contributed by atoms with Crippen molar-refractivity contribution in [2.75, 3.05) is 11.5 Å². The minimum absolute atomic E-state index is 0.0805. The molecule has 1 amide bonds. The van der Waals surface area contributed by atoms with Crippen LogP contribution in [-0.4, -0.2) is 47.2 Å². The number of rotatable bonds is 4. The van der Waals surface area contributed by atoms with Crippen LogP contribution in [0.5, 0.6) is 0 Å². The molecule has 0 aliphatic carbocycles. The van der Waals surface area contributed by atoms with Crippen molar-refractivity contribution in [3.8, 4) is 0 Å². The van der Waals surface area contributed by atoms with Crippen molar-refractivity contribution in [2.45, 2.75) is 24.3 Å². The maximum absolute atomic E-state index is 13.0. The van der Waals surface area contributed by atoms with Crippen molar-refractivity contribution in [2.24, 2.45) is 4.99 Å². The van der Waals surface area contributed by atoms with Crippen molar-refractivity contribution < 1.29 is 17.6 Å². The Labute approximate surface area is 167 Å². The van der Waals surface area contributed by atoms with Crippen LogP contribution in [-0.2, 0) is 27.6 Å². The number of carbonyl (C=O) groups is 1. The zero-order valence-corrected chi connectivity index (χ0v) is 16.6. The predicted molar refractivity (Wildman–Crippen MR) is 108 cm³/mol. The largest absolute Gasteiger partial charge is 0.342 e. The smallest absolute Gasteiger partial charge is 0.252 e. The van der Waals surface area contributed by atoms with Crippen LogP contribution in [0.2, 0.25) is 0 Å². The molecule has 4 rings (SSSR count). The molecular weight excluding hydrogens is 399 g/mol. The van der Waals surface area contributed by atoms with Crippen LogP contribution in [0.25, 0.3) is 0 Å². The van der Waals surface area contributed by atoms with E-state index in [1.165, 1.54) is 23.9 Å². The summed E-state index contributed by atoms with van der Waals surface area (Å²) >= 11 is 1.37. The second-order valence-corrected chi connectivity index (χ2v) is 10.4. The number of amidine groups is 1. The Bertz CT molecular complexity index is 1010. The van der Waals surface area contributed by atoms with E-state index in [0.29, 0.717) is 17.3 Å². The highest BCUT2D eigenvalue weighted by Crippen LogP contribution is 2.39. The molecule has 2 aliphatic heterocycles. The quantitative estimate of drug-likeness (QED) is 0.764. The van der Waals surface area contributed by atoms with Gasteiger partial charge in [0, 0.05) is 11.8 Å².